The van der Waals surface area contributed by atoms with Crippen LogP contribution in [0.25, 0.3) is 0 Å². The van der Waals surface area contributed by atoms with Crippen LogP contribution in [0.4, 0.5) is 0 Å². The molecule has 2 aromatic carbocycles. The number of benzene rings is 2. The predicted molar refractivity (Wildman–Crippen MR) is 131 cm³/mol. The molecule has 3 fully saturated rings. The SMILES string of the molecule is Cc1ccc(C(=O)NCC2C3CC4CCC3C4C2CNC(=O)c2ccc(C)c(C)c2)cc1C. The van der Waals surface area contributed by atoms with Crippen LogP contribution in [0.5, 0.6) is 0 Å². The van der Waals surface area contributed by atoms with Crippen molar-refractivity contribution in [3.05, 3.63) is 69.8 Å². The highest BCUT2D eigenvalue weighted by Crippen LogP contribution is 2.65. The second-order valence-corrected chi connectivity index (χ2v) is 10.8. The van der Waals surface area contributed by atoms with Crippen LogP contribution in [0.1, 0.15) is 62.2 Å². The predicted octanol–water partition coefficient (Wildman–Crippen LogP) is 4.99. The standard InChI is InChI=1S/C29H36N2O2/c1-16-5-7-21(11-18(16)3)28(32)30-14-25-24-13-20-9-10-23(24)27(20)26(25)15-31-29(33)22-8-6-17(2)19(4)12-22/h5-8,11-12,20,23-27H,9-10,13-15H2,1-4H3,(H,30,32)(H,31,33). The fraction of sp³-hybridized carbons (Fsp3) is 0.517. The number of carbonyl (C=O) groups is 2. The molecule has 6 unspecified atom stereocenters. The maximum Gasteiger partial charge on any atom is 0.251 e. The van der Waals surface area contributed by atoms with Crippen LogP contribution in [0.3, 0.4) is 0 Å². The molecule has 33 heavy (non-hydrogen) atoms. The van der Waals surface area contributed by atoms with Crippen LogP contribution >= 0.6 is 0 Å². The molecular formula is C29H36N2O2. The number of carbonyl (C=O) groups excluding carboxylic acids is 2. The van der Waals surface area contributed by atoms with E-state index in [9.17, 15) is 9.59 Å². The molecule has 0 heterocycles. The normalized spacial score (nSPS) is 29.3. The summed E-state index contributed by atoms with van der Waals surface area (Å²) < 4.78 is 0. The maximum atomic E-state index is 12.9. The largest absolute Gasteiger partial charge is 0.352 e. The number of rotatable bonds is 6. The molecule has 2 N–H and O–H groups in total. The van der Waals surface area contributed by atoms with Gasteiger partial charge in [-0.3, -0.25) is 9.59 Å². The van der Waals surface area contributed by atoms with Gasteiger partial charge in [0.15, 0.2) is 0 Å². The van der Waals surface area contributed by atoms with Gasteiger partial charge in [-0.05, 0) is 129 Å². The molecular weight excluding hydrogens is 408 g/mol. The summed E-state index contributed by atoms with van der Waals surface area (Å²) in [7, 11) is 0. The minimum absolute atomic E-state index is 0.0175. The number of amides is 2. The van der Waals surface area contributed by atoms with E-state index in [4.69, 9.17) is 0 Å². The molecule has 4 bridgehead atoms. The highest BCUT2D eigenvalue weighted by atomic mass is 16.2. The second-order valence-electron chi connectivity index (χ2n) is 10.8. The zero-order chi connectivity index (χ0) is 23.3. The van der Waals surface area contributed by atoms with E-state index in [1.807, 2.05) is 50.2 Å². The van der Waals surface area contributed by atoms with E-state index in [0.29, 0.717) is 36.8 Å². The molecule has 174 valence electrons. The summed E-state index contributed by atoms with van der Waals surface area (Å²) in [6.45, 7) is 9.66. The molecule has 6 atom stereocenters. The van der Waals surface area contributed by atoms with Crippen LogP contribution in [0.15, 0.2) is 36.4 Å². The van der Waals surface area contributed by atoms with Crippen molar-refractivity contribution in [2.75, 3.05) is 13.1 Å². The molecule has 2 amide bonds. The van der Waals surface area contributed by atoms with E-state index in [2.05, 4.69) is 24.5 Å². The number of hydrogen-bond donors (Lipinski definition) is 2. The lowest BCUT2D eigenvalue weighted by Crippen LogP contribution is -2.42. The van der Waals surface area contributed by atoms with Crippen molar-refractivity contribution < 1.29 is 9.59 Å². The van der Waals surface area contributed by atoms with Gasteiger partial charge in [0.25, 0.3) is 11.8 Å². The van der Waals surface area contributed by atoms with E-state index in [1.165, 1.54) is 30.4 Å². The van der Waals surface area contributed by atoms with Gasteiger partial charge in [-0.2, -0.15) is 0 Å². The van der Waals surface area contributed by atoms with Gasteiger partial charge >= 0.3 is 0 Å². The molecule has 3 aliphatic carbocycles. The van der Waals surface area contributed by atoms with E-state index in [1.54, 1.807) is 0 Å². The fourth-order valence-corrected chi connectivity index (χ4v) is 7.18. The van der Waals surface area contributed by atoms with Crippen molar-refractivity contribution in [2.45, 2.75) is 47.0 Å². The molecule has 5 rings (SSSR count). The Morgan fingerprint density at radius 3 is 1.82 bits per heavy atom. The summed E-state index contributed by atoms with van der Waals surface area (Å²) in [4.78, 5) is 25.8. The van der Waals surface area contributed by atoms with Crippen LogP contribution < -0.4 is 10.6 Å². The Balaban J connectivity index is 1.26. The zero-order valence-electron chi connectivity index (χ0n) is 20.3. The van der Waals surface area contributed by atoms with Gasteiger partial charge in [-0.15, -0.1) is 0 Å². The summed E-state index contributed by atoms with van der Waals surface area (Å²) in [6.07, 6.45) is 3.97. The lowest BCUT2D eigenvalue weighted by atomic mass is 9.72. The van der Waals surface area contributed by atoms with E-state index in [0.717, 1.165) is 34.1 Å². The number of hydrogen-bond acceptors (Lipinski definition) is 2. The highest BCUT2D eigenvalue weighted by Gasteiger charge is 2.60. The third kappa shape index (κ3) is 3.98. The van der Waals surface area contributed by atoms with Gasteiger partial charge in [0.2, 0.25) is 0 Å². The van der Waals surface area contributed by atoms with E-state index in [-0.39, 0.29) is 11.8 Å². The highest BCUT2D eigenvalue weighted by molar-refractivity contribution is 5.95. The Bertz CT molecular complexity index is 1090. The summed E-state index contributed by atoms with van der Waals surface area (Å²) in [6, 6.07) is 11.8. The molecule has 3 aliphatic rings. The van der Waals surface area contributed by atoms with Gasteiger partial charge in [-0.1, -0.05) is 12.1 Å². The molecule has 0 aliphatic heterocycles. The van der Waals surface area contributed by atoms with Crippen molar-refractivity contribution >= 4 is 11.8 Å². The van der Waals surface area contributed by atoms with Crippen LogP contribution in [0.2, 0.25) is 0 Å². The fourth-order valence-electron chi connectivity index (χ4n) is 7.18. The third-order valence-corrected chi connectivity index (χ3v) is 9.16. The molecule has 4 nitrogen and oxygen atoms in total. The molecule has 0 saturated heterocycles. The quantitative estimate of drug-likeness (QED) is 0.660. The second kappa shape index (κ2) is 8.62. The first kappa shape index (κ1) is 22.2. The number of nitrogens with one attached hydrogen (secondary N) is 2. The Morgan fingerprint density at radius 1 is 0.727 bits per heavy atom. The lowest BCUT2D eigenvalue weighted by molar-refractivity contribution is 0.0875. The summed E-state index contributed by atoms with van der Waals surface area (Å²) in [5, 5.41) is 6.50. The minimum Gasteiger partial charge on any atom is -0.352 e. The first-order valence-electron chi connectivity index (χ1n) is 12.5. The van der Waals surface area contributed by atoms with Crippen LogP contribution in [0, 0.1) is 63.2 Å². The van der Waals surface area contributed by atoms with Gasteiger partial charge in [0.1, 0.15) is 0 Å². The Labute approximate surface area is 197 Å². The minimum atomic E-state index is 0.0175. The molecule has 3 saturated carbocycles. The van der Waals surface area contributed by atoms with E-state index >= 15 is 0 Å². The average Bonchev–Trinajstić information content (AvgIpc) is 3.46. The zero-order valence-corrected chi connectivity index (χ0v) is 20.3. The third-order valence-electron chi connectivity index (χ3n) is 9.16. The molecule has 0 aromatic heterocycles. The first-order valence-corrected chi connectivity index (χ1v) is 12.5. The maximum absolute atomic E-state index is 12.9. The Morgan fingerprint density at radius 2 is 1.27 bits per heavy atom. The summed E-state index contributed by atoms with van der Waals surface area (Å²) >= 11 is 0. The Kier molecular flexibility index (Phi) is 5.80. The summed E-state index contributed by atoms with van der Waals surface area (Å²) in [5.41, 5.74) is 6.18. The van der Waals surface area contributed by atoms with Crippen molar-refractivity contribution in [3.63, 3.8) is 0 Å². The number of aryl methyl sites for hydroxylation is 4. The van der Waals surface area contributed by atoms with Crippen LogP contribution in [-0.2, 0) is 0 Å². The molecule has 0 spiro atoms. The summed E-state index contributed by atoms with van der Waals surface area (Å²) in [5.74, 6) is 3.94. The Hall–Kier alpha value is -2.62. The van der Waals surface area contributed by atoms with Crippen molar-refractivity contribution in [3.8, 4) is 0 Å². The van der Waals surface area contributed by atoms with E-state index < -0.39 is 0 Å². The monoisotopic (exact) mass is 444 g/mol. The van der Waals surface area contributed by atoms with Gasteiger partial charge in [0, 0.05) is 24.2 Å². The van der Waals surface area contributed by atoms with Gasteiger partial charge in [-0.25, -0.2) is 0 Å². The van der Waals surface area contributed by atoms with Crippen molar-refractivity contribution in [1.82, 2.24) is 10.6 Å². The molecule has 4 heteroatoms. The van der Waals surface area contributed by atoms with Crippen LogP contribution in [-0.4, -0.2) is 24.9 Å². The van der Waals surface area contributed by atoms with Gasteiger partial charge in [0.05, 0.1) is 0 Å². The topological polar surface area (TPSA) is 58.2 Å². The molecule has 0 radical (unpaired) electrons. The molecule has 2 aromatic rings. The van der Waals surface area contributed by atoms with Crippen molar-refractivity contribution in [2.24, 2.45) is 35.5 Å². The van der Waals surface area contributed by atoms with Gasteiger partial charge < -0.3 is 10.6 Å². The smallest absolute Gasteiger partial charge is 0.251 e. The average molecular weight is 445 g/mol. The first-order chi connectivity index (χ1) is 15.8. The van der Waals surface area contributed by atoms with Crippen molar-refractivity contribution in [1.29, 1.82) is 0 Å². The lowest BCUT2D eigenvalue weighted by Gasteiger charge is -2.36.